The van der Waals surface area contributed by atoms with Crippen LogP contribution in [0.5, 0.6) is 0 Å². The number of fused-ring (bicyclic) bond motifs is 3. The molecule has 0 radical (unpaired) electrons. The van der Waals surface area contributed by atoms with Crippen molar-refractivity contribution < 1.29 is 27.3 Å². The second kappa shape index (κ2) is 9.26. The van der Waals surface area contributed by atoms with Crippen LogP contribution in [-0.4, -0.2) is 78.9 Å². The van der Waals surface area contributed by atoms with Crippen molar-refractivity contribution in [2.45, 2.75) is 44.4 Å². The van der Waals surface area contributed by atoms with E-state index in [1.807, 2.05) is 18.1 Å². The number of rotatable bonds is 7. The summed E-state index contributed by atoms with van der Waals surface area (Å²) in [5, 5.41) is 15.3. The molecule has 44 heavy (non-hydrogen) atoms. The van der Waals surface area contributed by atoms with Gasteiger partial charge in [-0.2, -0.15) is 28.4 Å². The zero-order valence-corrected chi connectivity index (χ0v) is 23.8. The van der Waals surface area contributed by atoms with E-state index in [-0.39, 0.29) is 24.4 Å². The van der Waals surface area contributed by atoms with Crippen LogP contribution in [-0.2, 0) is 17.5 Å². The third-order valence-corrected chi connectivity index (χ3v) is 9.91. The SMILES string of the molecule is CC(c1nc(C2CN(C(=O)c3cnn(Cc4ccc(C(F)(F)F)cc4)c3)CC23CN(C=O)C3)no1)N1C=CC2C(=N1)C21CC1. The molecule has 3 atom stereocenters. The van der Waals surface area contributed by atoms with E-state index < -0.39 is 17.2 Å². The lowest BCUT2D eigenvalue weighted by Crippen LogP contribution is -2.59. The van der Waals surface area contributed by atoms with Crippen LogP contribution in [0.15, 0.2) is 58.6 Å². The van der Waals surface area contributed by atoms with Crippen LogP contribution in [0, 0.1) is 16.7 Å². The van der Waals surface area contributed by atoms with Crippen molar-refractivity contribution in [3.63, 3.8) is 0 Å². The number of carbonyl (C=O) groups is 2. The van der Waals surface area contributed by atoms with E-state index in [4.69, 9.17) is 14.6 Å². The summed E-state index contributed by atoms with van der Waals surface area (Å²) in [6.07, 6.45) is 6.04. The summed E-state index contributed by atoms with van der Waals surface area (Å²) in [7, 11) is 0. The molecule has 0 N–H and O–H groups in total. The maximum Gasteiger partial charge on any atom is 0.416 e. The number of hydrazone groups is 1. The van der Waals surface area contributed by atoms with Crippen molar-refractivity contribution in [2.75, 3.05) is 26.2 Å². The van der Waals surface area contributed by atoms with E-state index in [0.717, 1.165) is 18.5 Å². The number of carbonyl (C=O) groups excluding carboxylic acids is 2. The minimum atomic E-state index is -4.40. The van der Waals surface area contributed by atoms with Crippen molar-refractivity contribution in [3.8, 4) is 0 Å². The van der Waals surface area contributed by atoms with Crippen LogP contribution in [0.2, 0.25) is 0 Å². The van der Waals surface area contributed by atoms with Gasteiger partial charge in [0.1, 0.15) is 6.04 Å². The topological polar surface area (TPSA) is 113 Å². The van der Waals surface area contributed by atoms with Crippen LogP contribution in [0.1, 0.15) is 64.9 Å². The van der Waals surface area contributed by atoms with E-state index in [2.05, 4.69) is 16.3 Å². The highest BCUT2D eigenvalue weighted by Gasteiger charge is 2.69. The number of hydrogen-bond acceptors (Lipinski definition) is 8. The molecule has 228 valence electrons. The molecule has 3 aliphatic heterocycles. The number of hydrogen-bond donors (Lipinski definition) is 0. The highest BCUT2D eigenvalue weighted by molar-refractivity contribution is 6.12. The Kier molecular flexibility index (Phi) is 5.70. The lowest BCUT2D eigenvalue weighted by atomic mass is 9.71. The second-order valence-electron chi connectivity index (χ2n) is 12.7. The Bertz CT molecular complexity index is 1700. The largest absolute Gasteiger partial charge is 0.416 e. The van der Waals surface area contributed by atoms with E-state index in [0.29, 0.717) is 60.4 Å². The predicted octanol–water partition coefficient (Wildman–Crippen LogP) is 3.69. The molecule has 14 heteroatoms. The van der Waals surface area contributed by atoms with Crippen LogP contribution in [0.25, 0.3) is 0 Å². The molecule has 2 aliphatic carbocycles. The summed E-state index contributed by atoms with van der Waals surface area (Å²) < 4.78 is 45.9. The van der Waals surface area contributed by atoms with E-state index in [1.165, 1.54) is 41.6 Å². The van der Waals surface area contributed by atoms with Gasteiger partial charge in [-0.25, -0.2) is 0 Å². The van der Waals surface area contributed by atoms with Gasteiger partial charge in [0.2, 0.25) is 6.41 Å². The molecule has 11 nitrogen and oxygen atoms in total. The van der Waals surface area contributed by atoms with Gasteiger partial charge >= 0.3 is 6.18 Å². The Balaban J connectivity index is 0.974. The Morgan fingerprint density at radius 2 is 1.95 bits per heavy atom. The first-order valence-corrected chi connectivity index (χ1v) is 14.6. The van der Waals surface area contributed by atoms with Gasteiger partial charge in [-0.15, -0.1) is 0 Å². The molecule has 2 saturated carbocycles. The number of amides is 2. The van der Waals surface area contributed by atoms with Gasteiger partial charge in [0.05, 0.1) is 35.5 Å². The number of benzene rings is 1. The highest BCUT2D eigenvalue weighted by atomic mass is 19.4. The summed E-state index contributed by atoms with van der Waals surface area (Å²) in [6.45, 7) is 3.89. The minimum Gasteiger partial charge on any atom is -0.344 e. The van der Waals surface area contributed by atoms with Crippen molar-refractivity contribution in [3.05, 3.63) is 77.3 Å². The fraction of sp³-hybridized carbons (Fsp3) is 0.467. The quantitative estimate of drug-likeness (QED) is 0.377. The van der Waals surface area contributed by atoms with Crippen molar-refractivity contribution in [2.24, 2.45) is 21.8 Å². The molecule has 3 aromatic rings. The average Bonchev–Trinajstić information content (AvgIpc) is 3.60. The third-order valence-electron chi connectivity index (χ3n) is 9.91. The van der Waals surface area contributed by atoms with Gasteiger partial charge in [-0.1, -0.05) is 23.4 Å². The van der Waals surface area contributed by atoms with Crippen molar-refractivity contribution >= 4 is 18.0 Å². The zero-order chi connectivity index (χ0) is 30.4. The molecular weight excluding hydrogens is 577 g/mol. The maximum atomic E-state index is 13.6. The summed E-state index contributed by atoms with van der Waals surface area (Å²) in [5.41, 5.74) is 1.42. The van der Waals surface area contributed by atoms with E-state index in [1.54, 1.807) is 16.0 Å². The average molecular weight is 607 g/mol. The van der Waals surface area contributed by atoms with E-state index >= 15 is 0 Å². The first-order valence-electron chi connectivity index (χ1n) is 14.6. The zero-order valence-electron chi connectivity index (χ0n) is 23.8. The summed E-state index contributed by atoms with van der Waals surface area (Å²) >= 11 is 0. The number of alkyl halides is 3. The van der Waals surface area contributed by atoms with Gasteiger partial charge in [0, 0.05) is 55.3 Å². The van der Waals surface area contributed by atoms with Crippen molar-refractivity contribution in [1.29, 1.82) is 0 Å². The molecule has 0 bridgehead atoms. The number of nitrogens with zero attached hydrogens (tertiary/aromatic N) is 8. The summed E-state index contributed by atoms with van der Waals surface area (Å²) in [5.74, 6) is 0.952. The van der Waals surface area contributed by atoms with Gasteiger partial charge < -0.3 is 14.3 Å². The monoisotopic (exact) mass is 606 g/mol. The summed E-state index contributed by atoms with van der Waals surface area (Å²) in [6, 6.07) is 4.61. The molecule has 3 unspecified atom stereocenters. The fourth-order valence-electron chi connectivity index (χ4n) is 7.15. The Hall–Kier alpha value is -4.49. The fourth-order valence-corrected chi connectivity index (χ4v) is 7.15. The molecular formula is C30H29F3N8O3. The number of allylic oxidation sites excluding steroid dienone is 1. The highest BCUT2D eigenvalue weighted by Crippen LogP contribution is 2.69. The number of aromatic nitrogens is 4. The van der Waals surface area contributed by atoms with Crippen LogP contribution >= 0.6 is 0 Å². The number of halogens is 3. The minimum absolute atomic E-state index is 0.218. The van der Waals surface area contributed by atoms with Crippen molar-refractivity contribution in [1.82, 2.24) is 34.7 Å². The molecule has 5 aliphatic rings. The Morgan fingerprint density at radius 3 is 2.66 bits per heavy atom. The van der Waals surface area contributed by atoms with E-state index in [9.17, 15) is 22.8 Å². The maximum absolute atomic E-state index is 13.6. The first-order chi connectivity index (χ1) is 21.1. The van der Waals surface area contributed by atoms with Crippen LogP contribution in [0.4, 0.5) is 13.2 Å². The lowest BCUT2D eigenvalue weighted by Gasteiger charge is -2.48. The lowest BCUT2D eigenvalue weighted by molar-refractivity contribution is -0.137. The second-order valence-corrected chi connectivity index (χ2v) is 12.7. The molecule has 2 aromatic heterocycles. The Morgan fingerprint density at radius 1 is 1.18 bits per heavy atom. The van der Waals surface area contributed by atoms with Gasteiger partial charge in [-0.05, 0) is 37.5 Å². The Labute approximate surface area is 250 Å². The third kappa shape index (κ3) is 4.25. The molecule has 4 fully saturated rings. The molecule has 2 amide bonds. The normalized spacial score (nSPS) is 24.7. The first kappa shape index (κ1) is 27.1. The van der Waals surface area contributed by atoms with Crippen LogP contribution < -0.4 is 0 Å². The summed E-state index contributed by atoms with van der Waals surface area (Å²) in [4.78, 5) is 33.3. The molecule has 8 rings (SSSR count). The smallest absolute Gasteiger partial charge is 0.344 e. The molecule has 5 heterocycles. The van der Waals surface area contributed by atoms with Gasteiger partial charge in [-0.3, -0.25) is 19.3 Å². The van der Waals surface area contributed by atoms with Crippen LogP contribution in [0.3, 0.4) is 0 Å². The molecule has 1 aromatic carbocycles. The van der Waals surface area contributed by atoms with Gasteiger partial charge in [0.15, 0.2) is 5.82 Å². The molecule has 2 saturated heterocycles. The number of likely N-dealkylation sites (tertiary alicyclic amines) is 2. The predicted molar refractivity (Wildman–Crippen MR) is 148 cm³/mol. The van der Waals surface area contributed by atoms with Gasteiger partial charge in [0.25, 0.3) is 11.8 Å². The standard InChI is InChI=1S/C30H29F3N8O3/c1-18(41-9-6-22-24(36-41)29(22)7-8-29)26-35-25(37-44-26)23-13-39(16-28(23)14-38(15-28)17-42)27(43)20-10-34-40(12-20)11-19-2-4-21(5-3-19)30(31,32)33/h2-6,9-10,12,17-18,22-23H,7-8,11,13-16H2,1H3. The molecule has 2 spiro atoms.